The van der Waals surface area contributed by atoms with E-state index in [4.69, 9.17) is 4.42 Å². The molecule has 0 amide bonds. The summed E-state index contributed by atoms with van der Waals surface area (Å²) >= 11 is 5.25. The lowest BCUT2D eigenvalue weighted by atomic mass is 10.2. The van der Waals surface area contributed by atoms with Crippen LogP contribution in [-0.4, -0.2) is 21.6 Å². The quantitative estimate of drug-likeness (QED) is 0.546. The van der Waals surface area contributed by atoms with Crippen LogP contribution in [0.25, 0.3) is 11.5 Å². The number of halogens is 1. The van der Waals surface area contributed by atoms with Gasteiger partial charge in [0.15, 0.2) is 0 Å². The van der Waals surface area contributed by atoms with Gasteiger partial charge in [-0.1, -0.05) is 24.3 Å². The van der Waals surface area contributed by atoms with Gasteiger partial charge in [0.05, 0.1) is 12.1 Å². The molecule has 0 atom stereocenters. The summed E-state index contributed by atoms with van der Waals surface area (Å²) in [6.45, 7) is 6.04. The van der Waals surface area contributed by atoms with Gasteiger partial charge in [-0.25, -0.2) is 0 Å². The van der Waals surface area contributed by atoms with Crippen molar-refractivity contribution in [3.05, 3.63) is 69.7 Å². The summed E-state index contributed by atoms with van der Waals surface area (Å²) < 4.78 is 6.76. The minimum absolute atomic E-state index is 0.530. The molecule has 0 aliphatic heterocycles. The summed E-state index contributed by atoms with van der Waals surface area (Å²) in [5, 5.41) is 10.4. The molecule has 0 saturated carbocycles. The summed E-state index contributed by atoms with van der Waals surface area (Å²) in [7, 11) is 0. The molecule has 2 heterocycles. The van der Waals surface area contributed by atoms with Gasteiger partial charge >= 0.3 is 0 Å². The molecule has 0 spiro atoms. The lowest BCUT2D eigenvalue weighted by Crippen LogP contribution is -2.22. The van der Waals surface area contributed by atoms with Gasteiger partial charge in [0.25, 0.3) is 0 Å². The van der Waals surface area contributed by atoms with Crippen molar-refractivity contribution in [3.63, 3.8) is 0 Å². The van der Waals surface area contributed by atoms with Crippen LogP contribution in [-0.2, 0) is 13.1 Å². The molecule has 0 N–H and O–H groups in total. The van der Waals surface area contributed by atoms with Crippen molar-refractivity contribution < 1.29 is 4.42 Å². The molecule has 0 unspecified atom stereocenters. The third kappa shape index (κ3) is 4.16. The van der Waals surface area contributed by atoms with Crippen molar-refractivity contribution in [1.29, 1.82) is 0 Å². The van der Waals surface area contributed by atoms with Crippen molar-refractivity contribution in [1.82, 2.24) is 15.1 Å². The number of hydrogen-bond acceptors (Lipinski definition) is 5. The molecule has 0 aliphatic rings. The van der Waals surface area contributed by atoms with Gasteiger partial charge < -0.3 is 4.42 Å². The number of benzene rings is 1. The molecular weight excluding hydrogens is 374 g/mol. The molecular formula is C17H16BrN3OS. The molecule has 23 heavy (non-hydrogen) atoms. The highest BCUT2D eigenvalue weighted by atomic mass is 79.9. The van der Waals surface area contributed by atoms with Crippen LogP contribution in [0.3, 0.4) is 0 Å². The summed E-state index contributed by atoms with van der Waals surface area (Å²) in [5.74, 6) is 1.14. The highest BCUT2D eigenvalue weighted by Crippen LogP contribution is 2.27. The van der Waals surface area contributed by atoms with E-state index in [2.05, 4.69) is 55.1 Å². The number of aromatic nitrogens is 2. The monoisotopic (exact) mass is 389 g/mol. The lowest BCUT2D eigenvalue weighted by Gasteiger charge is -2.17. The van der Waals surface area contributed by atoms with Crippen LogP contribution in [0.15, 0.2) is 63.3 Å². The van der Waals surface area contributed by atoms with Gasteiger partial charge in [0.2, 0.25) is 11.8 Å². The third-order valence-corrected chi connectivity index (χ3v) is 4.83. The highest BCUT2D eigenvalue weighted by Gasteiger charge is 2.14. The second kappa shape index (κ2) is 7.68. The first kappa shape index (κ1) is 16.1. The SMILES string of the molecule is C=CCN(Cc1nnc(-c2ccccc2Br)o1)Cc1cccs1. The number of thiophene rings is 1. The van der Waals surface area contributed by atoms with Crippen molar-refractivity contribution >= 4 is 27.3 Å². The van der Waals surface area contributed by atoms with E-state index in [0.29, 0.717) is 18.3 Å². The largest absolute Gasteiger partial charge is 0.419 e. The first-order valence-electron chi connectivity index (χ1n) is 7.19. The maximum absolute atomic E-state index is 5.82. The van der Waals surface area contributed by atoms with Crippen LogP contribution in [0.1, 0.15) is 10.8 Å². The molecule has 4 nitrogen and oxygen atoms in total. The maximum Gasteiger partial charge on any atom is 0.248 e. The van der Waals surface area contributed by atoms with E-state index < -0.39 is 0 Å². The Labute approximate surface area is 147 Å². The Balaban J connectivity index is 1.74. The van der Waals surface area contributed by atoms with Crippen LogP contribution in [0.4, 0.5) is 0 Å². The van der Waals surface area contributed by atoms with Crippen LogP contribution < -0.4 is 0 Å². The Hall–Kier alpha value is -1.76. The Kier molecular flexibility index (Phi) is 5.38. The fourth-order valence-electron chi connectivity index (χ4n) is 2.24. The third-order valence-electron chi connectivity index (χ3n) is 3.28. The van der Waals surface area contributed by atoms with E-state index in [1.807, 2.05) is 30.3 Å². The Morgan fingerprint density at radius 2 is 2.04 bits per heavy atom. The van der Waals surface area contributed by atoms with E-state index >= 15 is 0 Å². The molecule has 0 saturated heterocycles. The van der Waals surface area contributed by atoms with Gasteiger partial charge in [-0.05, 0) is 39.5 Å². The zero-order valence-corrected chi connectivity index (χ0v) is 14.9. The maximum atomic E-state index is 5.82. The number of rotatable bonds is 7. The molecule has 3 aromatic rings. The number of nitrogens with zero attached hydrogens (tertiary/aromatic N) is 3. The topological polar surface area (TPSA) is 42.2 Å². The second-order valence-corrected chi connectivity index (χ2v) is 6.91. The number of hydrogen-bond donors (Lipinski definition) is 0. The normalized spacial score (nSPS) is 11.0. The fourth-order valence-corrected chi connectivity index (χ4v) is 3.44. The molecule has 2 aromatic heterocycles. The molecule has 3 rings (SSSR count). The van der Waals surface area contributed by atoms with E-state index in [1.54, 1.807) is 11.3 Å². The van der Waals surface area contributed by atoms with E-state index in [0.717, 1.165) is 23.1 Å². The van der Waals surface area contributed by atoms with Gasteiger partial charge in [-0.3, -0.25) is 4.90 Å². The molecule has 0 aliphatic carbocycles. The first-order valence-corrected chi connectivity index (χ1v) is 8.86. The van der Waals surface area contributed by atoms with Crippen molar-refractivity contribution in [2.45, 2.75) is 13.1 Å². The molecule has 0 radical (unpaired) electrons. The van der Waals surface area contributed by atoms with Crippen LogP contribution in [0, 0.1) is 0 Å². The Morgan fingerprint density at radius 3 is 2.78 bits per heavy atom. The summed E-state index contributed by atoms with van der Waals surface area (Å²) in [6, 6.07) is 12.0. The smallest absolute Gasteiger partial charge is 0.248 e. The molecule has 118 valence electrons. The molecule has 0 bridgehead atoms. The molecule has 0 fully saturated rings. The summed E-state index contributed by atoms with van der Waals surface area (Å²) in [5.41, 5.74) is 0.903. The van der Waals surface area contributed by atoms with Gasteiger partial charge in [0, 0.05) is 22.4 Å². The predicted octanol–water partition coefficient (Wildman–Crippen LogP) is 4.75. The predicted molar refractivity (Wildman–Crippen MR) is 96.1 cm³/mol. The Morgan fingerprint density at radius 1 is 1.17 bits per heavy atom. The van der Waals surface area contributed by atoms with Gasteiger partial charge in [-0.15, -0.1) is 28.1 Å². The minimum atomic E-state index is 0.530. The van der Waals surface area contributed by atoms with Crippen LogP contribution in [0.2, 0.25) is 0 Å². The minimum Gasteiger partial charge on any atom is -0.419 e. The van der Waals surface area contributed by atoms with Crippen LogP contribution >= 0.6 is 27.3 Å². The van der Waals surface area contributed by atoms with Crippen molar-refractivity contribution in [2.75, 3.05) is 6.54 Å². The zero-order chi connectivity index (χ0) is 16.1. The molecule has 6 heteroatoms. The standard InChI is InChI=1S/C17H16BrN3OS/c1-2-9-21(11-13-6-5-10-23-13)12-16-19-20-17(22-16)14-7-3-4-8-15(14)18/h2-8,10H,1,9,11-12H2. The lowest BCUT2D eigenvalue weighted by molar-refractivity contribution is 0.258. The first-order chi connectivity index (χ1) is 11.3. The van der Waals surface area contributed by atoms with Gasteiger partial charge in [0.1, 0.15) is 0 Å². The average Bonchev–Trinajstić information content (AvgIpc) is 3.20. The van der Waals surface area contributed by atoms with E-state index in [9.17, 15) is 0 Å². The van der Waals surface area contributed by atoms with Crippen molar-refractivity contribution in [3.8, 4) is 11.5 Å². The van der Waals surface area contributed by atoms with Gasteiger partial charge in [-0.2, -0.15) is 0 Å². The zero-order valence-electron chi connectivity index (χ0n) is 12.5. The summed E-state index contributed by atoms with van der Waals surface area (Å²) in [4.78, 5) is 3.52. The highest BCUT2D eigenvalue weighted by molar-refractivity contribution is 9.10. The van der Waals surface area contributed by atoms with Crippen LogP contribution in [0.5, 0.6) is 0 Å². The fraction of sp³-hybridized carbons (Fsp3) is 0.176. The Bertz CT molecular complexity index is 770. The second-order valence-electron chi connectivity index (χ2n) is 5.02. The summed E-state index contributed by atoms with van der Waals surface area (Å²) in [6.07, 6.45) is 1.89. The van der Waals surface area contributed by atoms with E-state index in [-0.39, 0.29) is 0 Å². The van der Waals surface area contributed by atoms with Crippen molar-refractivity contribution in [2.24, 2.45) is 0 Å². The van der Waals surface area contributed by atoms with E-state index in [1.165, 1.54) is 4.88 Å². The average molecular weight is 390 g/mol. The molecule has 1 aromatic carbocycles.